The van der Waals surface area contributed by atoms with E-state index >= 15 is 0 Å². The molecule has 0 aliphatic rings. The summed E-state index contributed by atoms with van der Waals surface area (Å²) in [6, 6.07) is -0.649. The van der Waals surface area contributed by atoms with E-state index in [4.69, 9.17) is 4.74 Å². The first kappa shape index (κ1) is 59.1. The van der Waals surface area contributed by atoms with Crippen LogP contribution in [0, 0.1) is 0 Å². The van der Waals surface area contributed by atoms with E-state index in [0.29, 0.717) is 19.4 Å². The summed E-state index contributed by atoms with van der Waals surface area (Å²) in [5, 5.41) is 23.1. The van der Waals surface area contributed by atoms with Gasteiger partial charge >= 0.3 is 5.97 Å². The van der Waals surface area contributed by atoms with Gasteiger partial charge in [-0.2, -0.15) is 0 Å². The zero-order chi connectivity index (χ0) is 44.4. The molecular formula is C55H103NO5. The minimum Gasteiger partial charge on any atom is -0.466 e. The number of rotatable bonds is 49. The van der Waals surface area contributed by atoms with Crippen molar-refractivity contribution in [3.05, 3.63) is 36.5 Å². The fourth-order valence-electron chi connectivity index (χ4n) is 7.97. The monoisotopic (exact) mass is 858 g/mol. The number of ether oxygens (including phenoxy) is 1. The van der Waals surface area contributed by atoms with E-state index in [0.717, 1.165) is 70.6 Å². The highest BCUT2D eigenvalue weighted by atomic mass is 16.5. The number of carbonyl (C=O) groups is 2. The van der Waals surface area contributed by atoms with Gasteiger partial charge in [0.05, 0.1) is 25.4 Å². The molecule has 0 fully saturated rings. The largest absolute Gasteiger partial charge is 0.466 e. The average Bonchev–Trinajstić information content (AvgIpc) is 3.26. The molecule has 0 saturated carbocycles. The molecule has 6 nitrogen and oxygen atoms in total. The van der Waals surface area contributed by atoms with Crippen molar-refractivity contribution in [2.75, 3.05) is 13.2 Å². The molecule has 1 amide bonds. The van der Waals surface area contributed by atoms with Crippen LogP contribution in [0.5, 0.6) is 0 Å². The number of esters is 1. The standard InChI is InChI=1S/C55H103NO5/c1-3-5-7-9-11-13-15-17-19-20-21-23-27-31-35-39-43-47-53(58)52(51-57)56-54(59)48-44-40-36-32-28-24-22-26-30-34-38-42-46-50-61-55(60)49-45-41-37-33-29-25-18-16-14-12-10-8-6-4-2/h16,18,24,28,43,47,52-53,57-58H,3-15,17,19-23,25-27,29-42,44-46,48-51H2,1-2H3,(H,56,59)/b18-16-,28-24-,47-43+. The van der Waals surface area contributed by atoms with E-state index in [2.05, 4.69) is 43.5 Å². The highest BCUT2D eigenvalue weighted by Crippen LogP contribution is 2.15. The molecule has 0 aromatic carbocycles. The summed E-state index contributed by atoms with van der Waals surface area (Å²) >= 11 is 0. The van der Waals surface area contributed by atoms with E-state index in [1.165, 1.54) is 180 Å². The zero-order valence-corrected chi connectivity index (χ0v) is 40.6. The first-order valence-corrected chi connectivity index (χ1v) is 26.8. The van der Waals surface area contributed by atoms with Crippen molar-refractivity contribution in [1.82, 2.24) is 5.32 Å². The topological polar surface area (TPSA) is 95.9 Å². The molecule has 61 heavy (non-hydrogen) atoms. The number of aliphatic hydroxyl groups excluding tert-OH is 2. The molecule has 2 unspecified atom stereocenters. The average molecular weight is 858 g/mol. The molecule has 0 aliphatic heterocycles. The Kier molecular flexibility index (Phi) is 49.1. The molecule has 2 atom stereocenters. The Morgan fingerprint density at radius 1 is 0.443 bits per heavy atom. The van der Waals surface area contributed by atoms with Crippen molar-refractivity contribution in [3.63, 3.8) is 0 Å². The van der Waals surface area contributed by atoms with Crippen LogP contribution in [0.25, 0.3) is 0 Å². The maximum absolute atomic E-state index is 12.4. The van der Waals surface area contributed by atoms with Gasteiger partial charge in [-0.25, -0.2) is 0 Å². The lowest BCUT2D eigenvalue weighted by Crippen LogP contribution is -2.45. The number of aliphatic hydroxyl groups is 2. The van der Waals surface area contributed by atoms with E-state index in [-0.39, 0.29) is 18.5 Å². The van der Waals surface area contributed by atoms with Crippen molar-refractivity contribution in [2.45, 2.75) is 289 Å². The molecule has 0 radical (unpaired) electrons. The van der Waals surface area contributed by atoms with E-state index < -0.39 is 12.1 Å². The molecule has 0 aliphatic carbocycles. The van der Waals surface area contributed by atoms with Crippen LogP contribution in [0.3, 0.4) is 0 Å². The number of carbonyl (C=O) groups excluding carboxylic acids is 2. The summed E-state index contributed by atoms with van der Waals surface area (Å²) in [4.78, 5) is 24.5. The number of nitrogens with one attached hydrogen (secondary N) is 1. The van der Waals surface area contributed by atoms with Crippen LogP contribution in [0.4, 0.5) is 0 Å². The maximum atomic E-state index is 12.4. The van der Waals surface area contributed by atoms with E-state index in [9.17, 15) is 19.8 Å². The quantitative estimate of drug-likeness (QED) is 0.0322. The lowest BCUT2D eigenvalue weighted by atomic mass is 10.0. The summed E-state index contributed by atoms with van der Waals surface area (Å²) in [6.07, 6.45) is 61.5. The van der Waals surface area contributed by atoms with Crippen molar-refractivity contribution in [2.24, 2.45) is 0 Å². The number of hydrogen-bond donors (Lipinski definition) is 3. The lowest BCUT2D eigenvalue weighted by molar-refractivity contribution is -0.143. The Balaban J connectivity index is 3.55. The predicted molar refractivity (Wildman–Crippen MR) is 264 cm³/mol. The van der Waals surface area contributed by atoms with Crippen molar-refractivity contribution in [3.8, 4) is 0 Å². The zero-order valence-electron chi connectivity index (χ0n) is 40.6. The fraction of sp³-hybridized carbons (Fsp3) is 0.855. The normalized spacial score (nSPS) is 12.9. The number of amides is 1. The van der Waals surface area contributed by atoms with Crippen molar-refractivity contribution >= 4 is 11.9 Å². The van der Waals surface area contributed by atoms with Crippen molar-refractivity contribution in [1.29, 1.82) is 0 Å². The van der Waals surface area contributed by atoms with Gasteiger partial charge in [-0.1, -0.05) is 217 Å². The van der Waals surface area contributed by atoms with E-state index in [1.54, 1.807) is 6.08 Å². The number of unbranched alkanes of at least 4 members (excludes halogenated alkanes) is 34. The van der Waals surface area contributed by atoms with Gasteiger partial charge < -0.3 is 20.3 Å². The summed E-state index contributed by atoms with van der Waals surface area (Å²) in [7, 11) is 0. The molecule has 0 rings (SSSR count). The second kappa shape index (κ2) is 50.7. The van der Waals surface area contributed by atoms with Gasteiger partial charge in [0.2, 0.25) is 5.91 Å². The Bertz CT molecular complexity index is 993. The van der Waals surface area contributed by atoms with Gasteiger partial charge in [-0.15, -0.1) is 0 Å². The summed E-state index contributed by atoms with van der Waals surface area (Å²) in [5.74, 6) is -0.121. The van der Waals surface area contributed by atoms with Crippen LogP contribution < -0.4 is 5.32 Å². The number of hydrogen-bond acceptors (Lipinski definition) is 5. The molecule has 0 heterocycles. The van der Waals surface area contributed by atoms with Crippen LogP contribution >= 0.6 is 0 Å². The third kappa shape index (κ3) is 47.4. The maximum Gasteiger partial charge on any atom is 0.305 e. The van der Waals surface area contributed by atoms with Crippen LogP contribution in [0.1, 0.15) is 277 Å². The molecule has 0 saturated heterocycles. The Hall–Kier alpha value is -1.92. The molecule has 3 N–H and O–H groups in total. The second-order valence-corrected chi connectivity index (χ2v) is 18.2. The summed E-state index contributed by atoms with van der Waals surface area (Å²) in [6.45, 7) is 4.85. The molecule has 0 bridgehead atoms. The van der Waals surface area contributed by atoms with Gasteiger partial charge in [-0.3, -0.25) is 9.59 Å². The van der Waals surface area contributed by atoms with Gasteiger partial charge in [0.1, 0.15) is 0 Å². The minimum absolute atomic E-state index is 0.0229. The highest BCUT2D eigenvalue weighted by molar-refractivity contribution is 5.76. The molecule has 0 aromatic heterocycles. The van der Waals surface area contributed by atoms with Gasteiger partial charge in [0.15, 0.2) is 0 Å². The first-order chi connectivity index (χ1) is 30.0. The summed E-state index contributed by atoms with van der Waals surface area (Å²) in [5.41, 5.74) is 0. The third-order valence-electron chi connectivity index (χ3n) is 12.1. The molecule has 0 spiro atoms. The van der Waals surface area contributed by atoms with Crippen LogP contribution in [-0.2, 0) is 14.3 Å². The van der Waals surface area contributed by atoms with Gasteiger partial charge in [0.25, 0.3) is 0 Å². The Morgan fingerprint density at radius 3 is 1.18 bits per heavy atom. The highest BCUT2D eigenvalue weighted by Gasteiger charge is 2.18. The molecule has 6 heteroatoms. The van der Waals surface area contributed by atoms with Crippen LogP contribution in [0.2, 0.25) is 0 Å². The van der Waals surface area contributed by atoms with Gasteiger partial charge in [0, 0.05) is 12.8 Å². The van der Waals surface area contributed by atoms with Crippen molar-refractivity contribution < 1.29 is 24.5 Å². The van der Waals surface area contributed by atoms with Crippen LogP contribution in [0.15, 0.2) is 36.5 Å². The summed E-state index contributed by atoms with van der Waals surface area (Å²) < 4.78 is 5.45. The second-order valence-electron chi connectivity index (χ2n) is 18.2. The molecular weight excluding hydrogens is 755 g/mol. The lowest BCUT2D eigenvalue weighted by Gasteiger charge is -2.19. The predicted octanol–water partition coefficient (Wildman–Crippen LogP) is 16.1. The molecule has 358 valence electrons. The first-order valence-electron chi connectivity index (χ1n) is 26.8. The fourth-order valence-corrected chi connectivity index (χ4v) is 7.97. The Morgan fingerprint density at radius 2 is 0.770 bits per heavy atom. The smallest absolute Gasteiger partial charge is 0.305 e. The third-order valence-corrected chi connectivity index (χ3v) is 12.1. The minimum atomic E-state index is -0.862. The number of allylic oxidation sites excluding steroid dienone is 5. The van der Waals surface area contributed by atoms with E-state index in [1.807, 2.05) is 6.08 Å². The van der Waals surface area contributed by atoms with Crippen LogP contribution in [-0.4, -0.2) is 47.4 Å². The molecule has 0 aromatic rings. The SMILES string of the molecule is CCCCCCC/C=C\CCCCCCCC(=O)OCCCCCCCC/C=C\CCCCCC(=O)NC(CO)C(O)/C=C/CCCCCCCCCCCCCCCCC. The van der Waals surface area contributed by atoms with Gasteiger partial charge in [-0.05, 0) is 83.5 Å². The Labute approximate surface area is 379 Å².